The minimum absolute atomic E-state index is 0.238. The highest BCUT2D eigenvalue weighted by Gasteiger charge is 2.41. The Labute approximate surface area is 134 Å². The van der Waals surface area contributed by atoms with Crippen molar-refractivity contribution in [3.05, 3.63) is 71.5 Å². The second-order valence-corrected chi connectivity index (χ2v) is 5.08. The second kappa shape index (κ2) is 5.52. The Morgan fingerprint density at radius 2 is 1.54 bits per heavy atom. The van der Waals surface area contributed by atoms with E-state index >= 15 is 0 Å². The smallest absolute Gasteiger partial charge is 0.416 e. The van der Waals surface area contributed by atoms with Gasteiger partial charge in [-0.1, -0.05) is 36.4 Å². The molecular formula is C17H10F3NO3. The monoisotopic (exact) mass is 333 g/mol. The molecule has 0 radical (unpaired) electrons. The van der Waals surface area contributed by atoms with Gasteiger partial charge in [0.05, 0.1) is 16.8 Å². The molecule has 24 heavy (non-hydrogen) atoms. The maximum atomic E-state index is 12.8. The van der Waals surface area contributed by atoms with Crippen molar-refractivity contribution in [2.45, 2.75) is 6.18 Å². The molecule has 0 atom stereocenters. The lowest BCUT2D eigenvalue weighted by atomic mass is 10.1. The SMILES string of the molecule is O=C1C(O)=C(c2ccccc2)C(=O)N1c1cccc(C(F)(F)F)c1. The highest BCUT2D eigenvalue weighted by Crippen LogP contribution is 2.35. The minimum atomic E-state index is -4.61. The van der Waals surface area contributed by atoms with Crippen LogP contribution in [0, 0.1) is 0 Å². The van der Waals surface area contributed by atoms with Gasteiger partial charge in [0.1, 0.15) is 0 Å². The van der Waals surface area contributed by atoms with Crippen molar-refractivity contribution in [3.8, 4) is 0 Å². The summed E-state index contributed by atoms with van der Waals surface area (Å²) >= 11 is 0. The van der Waals surface area contributed by atoms with Gasteiger partial charge in [0.15, 0.2) is 5.76 Å². The number of carbonyl (C=O) groups excluding carboxylic acids is 2. The lowest BCUT2D eigenvalue weighted by molar-refractivity contribution is -0.137. The normalized spacial score (nSPS) is 15.4. The molecule has 1 heterocycles. The van der Waals surface area contributed by atoms with E-state index in [4.69, 9.17) is 0 Å². The average molecular weight is 333 g/mol. The van der Waals surface area contributed by atoms with E-state index in [0.717, 1.165) is 12.1 Å². The number of nitrogens with zero attached hydrogens (tertiary/aromatic N) is 1. The molecule has 7 heteroatoms. The number of anilines is 1. The first-order valence-corrected chi connectivity index (χ1v) is 6.85. The maximum Gasteiger partial charge on any atom is 0.416 e. The van der Waals surface area contributed by atoms with Crippen LogP contribution in [0.4, 0.5) is 18.9 Å². The fourth-order valence-electron chi connectivity index (χ4n) is 2.44. The second-order valence-electron chi connectivity index (χ2n) is 5.08. The number of halogens is 3. The standard InChI is InChI=1S/C17H10F3NO3/c18-17(19,20)11-7-4-8-12(9-11)21-15(23)13(14(22)16(21)24)10-5-2-1-3-6-10/h1-9,22H. The van der Waals surface area contributed by atoms with Crippen molar-refractivity contribution < 1.29 is 27.9 Å². The summed E-state index contributed by atoms with van der Waals surface area (Å²) < 4.78 is 38.5. The van der Waals surface area contributed by atoms with E-state index in [1.807, 2.05) is 0 Å². The molecule has 0 aliphatic carbocycles. The Morgan fingerprint density at radius 1 is 0.875 bits per heavy atom. The lowest BCUT2D eigenvalue weighted by Gasteiger charge is -2.16. The van der Waals surface area contributed by atoms with Crippen LogP contribution in [-0.2, 0) is 15.8 Å². The highest BCUT2D eigenvalue weighted by molar-refractivity contribution is 6.44. The molecule has 2 aromatic rings. The summed E-state index contributed by atoms with van der Waals surface area (Å²) in [4.78, 5) is 25.2. The van der Waals surface area contributed by atoms with Crippen molar-refractivity contribution in [2.75, 3.05) is 4.90 Å². The summed E-state index contributed by atoms with van der Waals surface area (Å²) in [6.45, 7) is 0. The number of aliphatic hydroxyl groups is 1. The number of carbonyl (C=O) groups is 2. The van der Waals surface area contributed by atoms with Crippen LogP contribution in [-0.4, -0.2) is 16.9 Å². The summed E-state index contributed by atoms with van der Waals surface area (Å²) in [5.41, 5.74) is -1.17. The maximum absolute atomic E-state index is 12.8. The van der Waals surface area contributed by atoms with Crippen LogP contribution in [0.1, 0.15) is 11.1 Å². The van der Waals surface area contributed by atoms with Crippen LogP contribution in [0.5, 0.6) is 0 Å². The minimum Gasteiger partial charge on any atom is -0.502 e. The molecular weight excluding hydrogens is 323 g/mol. The molecule has 0 saturated carbocycles. The third-order valence-electron chi connectivity index (χ3n) is 3.55. The Morgan fingerprint density at radius 3 is 2.17 bits per heavy atom. The first-order valence-electron chi connectivity index (χ1n) is 6.85. The molecule has 0 spiro atoms. The fraction of sp³-hybridized carbons (Fsp3) is 0.0588. The summed E-state index contributed by atoms with van der Waals surface area (Å²) in [7, 11) is 0. The largest absolute Gasteiger partial charge is 0.502 e. The van der Waals surface area contributed by atoms with Crippen LogP contribution in [0.15, 0.2) is 60.4 Å². The molecule has 1 aliphatic rings. The molecule has 0 unspecified atom stereocenters. The van der Waals surface area contributed by atoms with Crippen LogP contribution in [0.3, 0.4) is 0 Å². The van der Waals surface area contributed by atoms with Gasteiger partial charge in [-0.25, -0.2) is 4.90 Å². The molecule has 2 amide bonds. The van der Waals surface area contributed by atoms with E-state index in [1.165, 1.54) is 18.2 Å². The van der Waals surface area contributed by atoms with E-state index in [0.29, 0.717) is 16.5 Å². The van der Waals surface area contributed by atoms with Gasteiger partial charge in [0.25, 0.3) is 5.91 Å². The first-order chi connectivity index (χ1) is 11.3. The number of benzene rings is 2. The van der Waals surface area contributed by atoms with Crippen molar-refractivity contribution >= 4 is 23.1 Å². The summed E-state index contributed by atoms with van der Waals surface area (Å²) in [5.74, 6) is -2.72. The van der Waals surface area contributed by atoms with Gasteiger partial charge >= 0.3 is 12.1 Å². The predicted molar refractivity (Wildman–Crippen MR) is 79.9 cm³/mol. The van der Waals surface area contributed by atoms with E-state index in [1.54, 1.807) is 18.2 Å². The van der Waals surface area contributed by atoms with Gasteiger partial charge in [0.2, 0.25) is 0 Å². The molecule has 4 nitrogen and oxygen atoms in total. The Balaban J connectivity index is 2.04. The summed E-state index contributed by atoms with van der Waals surface area (Å²) in [5, 5.41) is 9.99. The first kappa shape index (κ1) is 15.8. The van der Waals surface area contributed by atoms with Crippen LogP contribution in [0.2, 0.25) is 0 Å². The third kappa shape index (κ3) is 2.54. The van der Waals surface area contributed by atoms with E-state index in [2.05, 4.69) is 0 Å². The van der Waals surface area contributed by atoms with Crippen molar-refractivity contribution in [2.24, 2.45) is 0 Å². The molecule has 0 aromatic heterocycles. The van der Waals surface area contributed by atoms with Gasteiger partial charge in [-0.3, -0.25) is 9.59 Å². The van der Waals surface area contributed by atoms with Crippen molar-refractivity contribution in [1.82, 2.24) is 0 Å². The number of alkyl halides is 3. The van der Waals surface area contributed by atoms with Gasteiger partial charge in [-0.2, -0.15) is 13.2 Å². The quantitative estimate of drug-likeness (QED) is 0.855. The zero-order chi connectivity index (χ0) is 17.5. The number of hydrogen-bond acceptors (Lipinski definition) is 3. The summed E-state index contributed by atoms with van der Waals surface area (Å²) in [6, 6.07) is 11.8. The topological polar surface area (TPSA) is 57.6 Å². The highest BCUT2D eigenvalue weighted by atomic mass is 19.4. The molecule has 2 aromatic carbocycles. The number of rotatable bonds is 2. The zero-order valence-electron chi connectivity index (χ0n) is 12.0. The van der Waals surface area contributed by atoms with Gasteiger partial charge in [0, 0.05) is 0 Å². The molecule has 3 rings (SSSR count). The molecule has 1 aliphatic heterocycles. The number of aliphatic hydroxyl groups excluding tert-OH is 1. The van der Waals surface area contributed by atoms with Gasteiger partial charge in [-0.05, 0) is 23.8 Å². The predicted octanol–water partition coefficient (Wildman–Crippen LogP) is 3.55. The molecule has 0 fully saturated rings. The average Bonchev–Trinajstić information content (AvgIpc) is 2.77. The molecule has 0 bridgehead atoms. The van der Waals surface area contributed by atoms with E-state index in [9.17, 15) is 27.9 Å². The van der Waals surface area contributed by atoms with E-state index in [-0.39, 0.29) is 11.3 Å². The third-order valence-corrected chi connectivity index (χ3v) is 3.55. The fourth-order valence-corrected chi connectivity index (χ4v) is 2.44. The van der Waals surface area contributed by atoms with Gasteiger partial charge in [-0.15, -0.1) is 0 Å². The van der Waals surface area contributed by atoms with Crippen molar-refractivity contribution in [3.63, 3.8) is 0 Å². The molecule has 0 saturated heterocycles. The van der Waals surface area contributed by atoms with E-state index < -0.39 is 29.3 Å². The van der Waals surface area contributed by atoms with Gasteiger partial charge < -0.3 is 5.11 Å². The van der Waals surface area contributed by atoms with Crippen LogP contribution < -0.4 is 4.90 Å². The molecule has 1 N–H and O–H groups in total. The van der Waals surface area contributed by atoms with Crippen LogP contribution >= 0.6 is 0 Å². The number of hydrogen-bond donors (Lipinski definition) is 1. The Kier molecular flexibility index (Phi) is 3.63. The Bertz CT molecular complexity index is 857. The number of imide groups is 1. The van der Waals surface area contributed by atoms with Crippen LogP contribution in [0.25, 0.3) is 5.57 Å². The summed E-state index contributed by atoms with van der Waals surface area (Å²) in [6.07, 6.45) is -4.61. The number of amides is 2. The lowest BCUT2D eigenvalue weighted by Crippen LogP contribution is -2.31. The zero-order valence-corrected chi connectivity index (χ0v) is 12.0. The molecule has 122 valence electrons. The Hall–Kier alpha value is -3.09. The van der Waals surface area contributed by atoms with Crippen molar-refractivity contribution in [1.29, 1.82) is 0 Å².